The van der Waals surface area contributed by atoms with E-state index < -0.39 is 0 Å². The predicted molar refractivity (Wildman–Crippen MR) is 106 cm³/mol. The zero-order chi connectivity index (χ0) is 17.4. The van der Waals surface area contributed by atoms with Crippen LogP contribution < -0.4 is 5.32 Å². The number of rotatable bonds is 9. The summed E-state index contributed by atoms with van der Waals surface area (Å²) in [7, 11) is 0. The largest absolute Gasteiger partial charge is 0.325 e. The average molecular weight is 381 g/mol. The normalized spacial score (nSPS) is 10.8. The fraction of sp³-hybridized carbons (Fsp3) is 0.278. The molecule has 1 amide bonds. The minimum Gasteiger partial charge on any atom is -0.325 e. The van der Waals surface area contributed by atoms with Crippen molar-refractivity contribution < 1.29 is 4.79 Å². The van der Waals surface area contributed by atoms with Crippen LogP contribution in [0.1, 0.15) is 11.3 Å². The number of carbonyl (C=O) groups excluding carboxylic acids is 1. The van der Waals surface area contributed by atoms with Crippen molar-refractivity contribution in [3.63, 3.8) is 0 Å². The average Bonchev–Trinajstić information content (AvgIpc) is 2.98. The van der Waals surface area contributed by atoms with Crippen LogP contribution in [-0.2, 0) is 11.3 Å². The molecule has 0 radical (unpaired) electrons. The highest BCUT2D eigenvalue weighted by Crippen LogP contribution is 2.25. The van der Waals surface area contributed by atoms with Crippen LogP contribution in [0.15, 0.2) is 53.9 Å². The molecular weight excluding hydrogens is 360 g/mol. The van der Waals surface area contributed by atoms with E-state index in [1.54, 1.807) is 23.1 Å². The summed E-state index contributed by atoms with van der Waals surface area (Å²) in [5.41, 5.74) is 0.871. The molecule has 0 spiro atoms. The van der Waals surface area contributed by atoms with Crippen LogP contribution >= 0.6 is 34.7 Å². The maximum atomic E-state index is 12.3. The van der Waals surface area contributed by atoms with Gasteiger partial charge in [0.1, 0.15) is 0 Å². The van der Waals surface area contributed by atoms with Crippen molar-refractivity contribution >= 4 is 46.3 Å². The van der Waals surface area contributed by atoms with Gasteiger partial charge in [0.2, 0.25) is 5.91 Å². The van der Waals surface area contributed by atoms with Gasteiger partial charge in [0.05, 0.1) is 10.0 Å². The molecule has 0 aliphatic carbocycles. The minimum atomic E-state index is 0.0229. The van der Waals surface area contributed by atoms with E-state index in [1.807, 2.05) is 48.7 Å². The van der Waals surface area contributed by atoms with E-state index in [-0.39, 0.29) is 5.91 Å². The summed E-state index contributed by atoms with van der Waals surface area (Å²) in [5, 5.41) is 3.00. The summed E-state index contributed by atoms with van der Waals surface area (Å²) in [6.07, 6.45) is 4.30. The van der Waals surface area contributed by atoms with Gasteiger partial charge in [-0.15, -0.1) is 29.7 Å². The van der Waals surface area contributed by atoms with Gasteiger partial charge >= 0.3 is 0 Å². The molecule has 1 heterocycles. The van der Waals surface area contributed by atoms with E-state index in [2.05, 4.69) is 16.8 Å². The molecule has 6 heteroatoms. The first-order valence-corrected chi connectivity index (χ1v) is 10.0. The first-order valence-electron chi connectivity index (χ1n) is 7.62. The number of benzene rings is 1. The zero-order valence-electron chi connectivity index (χ0n) is 13.6. The number of anilines is 1. The van der Waals surface area contributed by atoms with Crippen molar-refractivity contribution in [3.8, 4) is 0 Å². The van der Waals surface area contributed by atoms with Crippen molar-refractivity contribution in [2.24, 2.45) is 0 Å². The monoisotopic (exact) mass is 380 g/mol. The third kappa shape index (κ3) is 5.98. The Labute approximate surface area is 156 Å². The summed E-state index contributed by atoms with van der Waals surface area (Å²) in [5.74, 6) is 0.0229. The Morgan fingerprint density at radius 1 is 1.38 bits per heavy atom. The highest BCUT2D eigenvalue weighted by atomic mass is 35.5. The molecule has 0 aliphatic rings. The van der Waals surface area contributed by atoms with Gasteiger partial charge in [-0.1, -0.05) is 29.8 Å². The van der Waals surface area contributed by atoms with Crippen LogP contribution in [-0.4, -0.2) is 30.2 Å². The van der Waals surface area contributed by atoms with Crippen LogP contribution in [0.25, 0.3) is 0 Å². The molecule has 0 saturated heterocycles. The van der Waals surface area contributed by atoms with Crippen LogP contribution in [0, 0.1) is 0 Å². The SMILES string of the molecule is C=CCN(CCC(=O)Nc1ccccc1SC)Cc1ccc(Cl)s1. The number of hydrogen-bond acceptors (Lipinski definition) is 4. The molecule has 24 heavy (non-hydrogen) atoms. The molecule has 2 aromatic rings. The number of hydrogen-bond donors (Lipinski definition) is 1. The molecule has 0 atom stereocenters. The first-order chi connectivity index (χ1) is 11.6. The molecule has 1 N–H and O–H groups in total. The molecule has 0 unspecified atom stereocenters. The molecule has 0 saturated carbocycles. The summed E-state index contributed by atoms with van der Waals surface area (Å²) >= 11 is 9.18. The molecule has 1 aromatic carbocycles. The lowest BCUT2D eigenvalue weighted by molar-refractivity contribution is -0.116. The van der Waals surface area contributed by atoms with Crippen molar-refractivity contribution in [1.29, 1.82) is 0 Å². The predicted octanol–water partition coefficient (Wildman–Crippen LogP) is 5.14. The molecular formula is C18H21ClN2OS2. The van der Waals surface area contributed by atoms with Crippen LogP contribution in [0.4, 0.5) is 5.69 Å². The summed E-state index contributed by atoms with van der Waals surface area (Å²) in [6, 6.07) is 11.8. The van der Waals surface area contributed by atoms with Crippen molar-refractivity contribution in [1.82, 2.24) is 4.90 Å². The highest BCUT2D eigenvalue weighted by Gasteiger charge is 2.11. The second-order valence-corrected chi connectivity index (χ2v) is 7.88. The van der Waals surface area contributed by atoms with Crippen LogP contribution in [0.5, 0.6) is 0 Å². The fourth-order valence-corrected chi connectivity index (χ4v) is 3.98. The number of nitrogens with one attached hydrogen (secondary N) is 1. The lowest BCUT2D eigenvalue weighted by Gasteiger charge is -2.19. The summed E-state index contributed by atoms with van der Waals surface area (Å²) < 4.78 is 0.787. The number of carbonyl (C=O) groups is 1. The topological polar surface area (TPSA) is 32.3 Å². The highest BCUT2D eigenvalue weighted by molar-refractivity contribution is 7.98. The fourth-order valence-electron chi connectivity index (χ4n) is 2.29. The second kappa shape index (κ2) is 9.89. The van der Waals surface area contributed by atoms with Gasteiger partial charge in [0.15, 0.2) is 0 Å². The molecule has 3 nitrogen and oxygen atoms in total. The Bertz CT molecular complexity index is 687. The Kier molecular flexibility index (Phi) is 7.85. The summed E-state index contributed by atoms with van der Waals surface area (Å²) in [6.45, 7) is 5.99. The number of amides is 1. The number of halogens is 1. The number of thioether (sulfide) groups is 1. The van der Waals surface area contributed by atoms with E-state index in [4.69, 9.17) is 11.6 Å². The smallest absolute Gasteiger partial charge is 0.225 e. The van der Waals surface area contributed by atoms with E-state index >= 15 is 0 Å². The zero-order valence-corrected chi connectivity index (χ0v) is 16.0. The van der Waals surface area contributed by atoms with Crippen LogP contribution in [0.2, 0.25) is 4.34 Å². The van der Waals surface area contributed by atoms with Crippen molar-refractivity contribution in [3.05, 3.63) is 58.3 Å². The number of para-hydroxylation sites is 1. The standard InChI is InChI=1S/C18H21ClN2OS2/c1-3-11-21(13-14-8-9-17(19)24-14)12-10-18(22)20-15-6-4-5-7-16(15)23-2/h3-9H,1,10-13H2,2H3,(H,20,22). The third-order valence-electron chi connectivity index (χ3n) is 3.43. The van der Waals surface area contributed by atoms with E-state index in [1.165, 1.54) is 4.88 Å². The molecule has 1 aromatic heterocycles. The Morgan fingerprint density at radius 3 is 2.83 bits per heavy atom. The Hall–Kier alpha value is -1.27. The molecule has 0 fully saturated rings. The van der Waals surface area contributed by atoms with Gasteiger partial charge in [-0.3, -0.25) is 9.69 Å². The maximum Gasteiger partial charge on any atom is 0.225 e. The van der Waals surface area contributed by atoms with Gasteiger partial charge in [-0.05, 0) is 30.5 Å². The van der Waals surface area contributed by atoms with E-state index in [0.29, 0.717) is 13.0 Å². The summed E-state index contributed by atoms with van der Waals surface area (Å²) in [4.78, 5) is 16.7. The number of thiophene rings is 1. The molecule has 0 bridgehead atoms. The third-order valence-corrected chi connectivity index (χ3v) is 5.44. The van der Waals surface area contributed by atoms with Gasteiger partial charge in [0, 0.05) is 35.8 Å². The van der Waals surface area contributed by atoms with Gasteiger partial charge < -0.3 is 5.32 Å². The van der Waals surface area contributed by atoms with Gasteiger partial charge in [-0.25, -0.2) is 0 Å². The van der Waals surface area contributed by atoms with Crippen molar-refractivity contribution in [2.75, 3.05) is 24.7 Å². The van der Waals surface area contributed by atoms with E-state index in [9.17, 15) is 4.79 Å². The molecule has 2 rings (SSSR count). The second-order valence-electron chi connectivity index (χ2n) is 5.23. The quantitative estimate of drug-likeness (QED) is 0.482. The lowest BCUT2D eigenvalue weighted by atomic mass is 10.3. The lowest BCUT2D eigenvalue weighted by Crippen LogP contribution is -2.27. The van der Waals surface area contributed by atoms with Gasteiger partial charge in [-0.2, -0.15) is 0 Å². The van der Waals surface area contributed by atoms with Crippen LogP contribution in [0.3, 0.4) is 0 Å². The van der Waals surface area contributed by atoms with Crippen molar-refractivity contribution in [2.45, 2.75) is 17.9 Å². The van der Waals surface area contributed by atoms with Gasteiger partial charge in [0.25, 0.3) is 0 Å². The molecule has 128 valence electrons. The Morgan fingerprint density at radius 2 is 2.17 bits per heavy atom. The number of nitrogens with zero attached hydrogens (tertiary/aromatic N) is 1. The van der Waals surface area contributed by atoms with E-state index in [0.717, 1.165) is 28.0 Å². The minimum absolute atomic E-state index is 0.0229. The molecule has 0 aliphatic heterocycles. The maximum absolute atomic E-state index is 12.3. The first kappa shape index (κ1) is 19.1. The Balaban J connectivity index is 1.88.